The molecule has 2 fully saturated rings. The van der Waals surface area contributed by atoms with Crippen LogP contribution in [0.25, 0.3) is 10.9 Å². The van der Waals surface area contributed by atoms with E-state index in [1.807, 2.05) is 23.6 Å². The first kappa shape index (κ1) is 21.0. The van der Waals surface area contributed by atoms with Gasteiger partial charge in [0, 0.05) is 43.2 Å². The summed E-state index contributed by atoms with van der Waals surface area (Å²) in [5.41, 5.74) is 0.227. The maximum Gasteiger partial charge on any atom is 0.238 e. The number of amides is 1. The van der Waals surface area contributed by atoms with Crippen molar-refractivity contribution in [3.8, 4) is 0 Å². The third kappa shape index (κ3) is 3.44. The van der Waals surface area contributed by atoms with Crippen LogP contribution in [-0.4, -0.2) is 75.1 Å². The number of ether oxygens (including phenoxy) is 1. The Morgan fingerprint density at radius 2 is 1.93 bits per heavy atom. The zero-order valence-corrected chi connectivity index (χ0v) is 17.9. The number of nitrogens with zero attached hydrogens (tertiary/aromatic N) is 4. The van der Waals surface area contributed by atoms with Crippen LogP contribution in [-0.2, 0) is 25.1 Å². The average molecular weight is 440 g/mol. The lowest BCUT2D eigenvalue weighted by molar-refractivity contribution is -0.134. The van der Waals surface area contributed by atoms with Gasteiger partial charge >= 0.3 is 0 Å². The lowest BCUT2D eigenvalue weighted by Gasteiger charge is -2.40. The summed E-state index contributed by atoms with van der Waals surface area (Å²) in [6, 6.07) is 2.97. The molecule has 0 unspecified atom stereocenters. The van der Waals surface area contributed by atoms with Crippen LogP contribution in [0.1, 0.15) is 13.8 Å². The van der Waals surface area contributed by atoms with Crippen LogP contribution in [0.2, 0.25) is 0 Å². The Bertz CT molecular complexity index is 1070. The van der Waals surface area contributed by atoms with Gasteiger partial charge in [-0.25, -0.2) is 17.9 Å². The van der Waals surface area contributed by atoms with E-state index in [4.69, 9.17) is 9.88 Å². The molecular weight excluding hydrogens is 413 g/mol. The Kier molecular flexibility index (Phi) is 5.23. The first-order valence-corrected chi connectivity index (χ1v) is 11.4. The molecule has 9 nitrogen and oxygen atoms in total. The minimum atomic E-state index is -3.98. The van der Waals surface area contributed by atoms with Gasteiger partial charge in [0.1, 0.15) is 12.2 Å². The van der Waals surface area contributed by atoms with Crippen LogP contribution in [0, 0.1) is 5.92 Å². The largest absolute Gasteiger partial charge is 0.376 e. The number of carbonyl (C=O) groups excluding carboxylic acids is 1. The summed E-state index contributed by atoms with van der Waals surface area (Å²) in [6.45, 7) is 5.57. The van der Waals surface area contributed by atoms with Crippen molar-refractivity contribution in [2.24, 2.45) is 11.1 Å². The number of piperazine rings is 1. The van der Waals surface area contributed by atoms with E-state index in [0.29, 0.717) is 42.8 Å². The first-order valence-electron chi connectivity index (χ1n) is 9.89. The molecule has 164 valence electrons. The van der Waals surface area contributed by atoms with E-state index in [2.05, 4.69) is 5.10 Å². The molecule has 0 radical (unpaired) electrons. The van der Waals surface area contributed by atoms with Crippen LogP contribution in [0.3, 0.4) is 0 Å². The number of primary sulfonamides is 1. The summed E-state index contributed by atoms with van der Waals surface area (Å²) in [5, 5.41) is 10.5. The standard InChI is InChI=1S/C19H26FN5O4S/c1-13(2)18(26)24-5-3-23(4-6-24)16-7-14(30(21,27)28)8-17-15(16)9-22-25(17)19(10-20)11-29-12-19/h7-9,13H,3-6,10-12H2,1-2H3,(H2,21,27,28). The highest BCUT2D eigenvalue weighted by Gasteiger charge is 2.43. The number of halogens is 1. The number of nitrogens with two attached hydrogens (primary N) is 1. The molecule has 2 aromatic rings. The maximum atomic E-state index is 13.8. The highest BCUT2D eigenvalue weighted by molar-refractivity contribution is 7.89. The number of sulfonamides is 1. The van der Waals surface area contributed by atoms with Gasteiger partial charge in [-0.3, -0.25) is 9.48 Å². The van der Waals surface area contributed by atoms with Crippen molar-refractivity contribution in [1.82, 2.24) is 14.7 Å². The lowest BCUT2D eigenvalue weighted by atomic mass is 9.99. The zero-order chi connectivity index (χ0) is 21.7. The van der Waals surface area contributed by atoms with E-state index in [9.17, 15) is 17.6 Å². The fourth-order valence-corrected chi connectivity index (χ4v) is 4.57. The Morgan fingerprint density at radius 1 is 1.27 bits per heavy atom. The number of fused-ring (bicyclic) bond motifs is 1. The van der Waals surface area contributed by atoms with Gasteiger partial charge in [0.25, 0.3) is 0 Å². The summed E-state index contributed by atoms with van der Waals surface area (Å²) in [4.78, 5) is 16.1. The van der Waals surface area contributed by atoms with Gasteiger partial charge in [-0.15, -0.1) is 0 Å². The third-order valence-electron chi connectivity index (χ3n) is 5.83. The van der Waals surface area contributed by atoms with Gasteiger partial charge in [-0.2, -0.15) is 5.10 Å². The summed E-state index contributed by atoms with van der Waals surface area (Å²) < 4.78 is 44.8. The number of alkyl halides is 1. The highest BCUT2D eigenvalue weighted by atomic mass is 32.2. The summed E-state index contributed by atoms with van der Waals surface area (Å²) in [5.74, 6) is 0.0227. The molecular formula is C19H26FN5O4S. The summed E-state index contributed by atoms with van der Waals surface area (Å²) >= 11 is 0. The normalized spacial score (nSPS) is 19.4. The van der Waals surface area contributed by atoms with E-state index >= 15 is 0 Å². The van der Waals surface area contributed by atoms with E-state index in [1.165, 1.54) is 16.8 Å². The summed E-state index contributed by atoms with van der Waals surface area (Å²) in [6.07, 6.45) is 1.62. The first-order chi connectivity index (χ1) is 14.2. The molecule has 1 amide bonds. The van der Waals surface area contributed by atoms with Gasteiger partial charge < -0.3 is 14.5 Å². The molecule has 0 aliphatic carbocycles. The van der Waals surface area contributed by atoms with Crippen molar-refractivity contribution in [3.63, 3.8) is 0 Å². The molecule has 2 aliphatic heterocycles. The molecule has 11 heteroatoms. The van der Waals surface area contributed by atoms with E-state index < -0.39 is 22.2 Å². The van der Waals surface area contributed by atoms with Gasteiger partial charge in [0.15, 0.2) is 0 Å². The molecule has 1 aromatic heterocycles. The van der Waals surface area contributed by atoms with Crippen molar-refractivity contribution in [1.29, 1.82) is 0 Å². The van der Waals surface area contributed by atoms with Gasteiger partial charge in [-0.1, -0.05) is 13.8 Å². The van der Waals surface area contributed by atoms with E-state index in [1.54, 1.807) is 6.20 Å². The molecule has 3 heterocycles. The number of benzene rings is 1. The number of aromatic nitrogens is 2. The Labute approximate surface area is 174 Å². The molecule has 2 N–H and O–H groups in total. The van der Waals surface area contributed by atoms with Crippen LogP contribution >= 0.6 is 0 Å². The molecule has 0 atom stereocenters. The second-order valence-electron chi connectivity index (χ2n) is 8.29. The highest BCUT2D eigenvalue weighted by Crippen LogP contribution is 2.36. The van der Waals surface area contributed by atoms with E-state index in [-0.39, 0.29) is 29.9 Å². The quantitative estimate of drug-likeness (QED) is 0.734. The van der Waals surface area contributed by atoms with Crippen molar-refractivity contribution in [2.75, 3.05) is 51.0 Å². The maximum absolute atomic E-state index is 13.8. The van der Waals surface area contributed by atoms with Gasteiger partial charge in [-0.05, 0) is 12.1 Å². The smallest absolute Gasteiger partial charge is 0.238 e. The molecule has 1 aromatic carbocycles. The molecule has 0 saturated carbocycles. The number of carbonyl (C=O) groups is 1. The van der Waals surface area contributed by atoms with Crippen molar-refractivity contribution >= 4 is 32.5 Å². The monoisotopic (exact) mass is 439 g/mol. The third-order valence-corrected chi connectivity index (χ3v) is 6.73. The Hall–Kier alpha value is -2.24. The second kappa shape index (κ2) is 7.47. The predicted molar refractivity (Wildman–Crippen MR) is 110 cm³/mol. The SMILES string of the molecule is CC(C)C(=O)N1CCN(c2cc(S(N)(=O)=O)cc3c2cnn3C2(CF)COC2)CC1. The Morgan fingerprint density at radius 3 is 2.43 bits per heavy atom. The summed E-state index contributed by atoms with van der Waals surface area (Å²) in [7, 11) is -3.98. The molecule has 2 saturated heterocycles. The van der Waals surface area contributed by atoms with Crippen molar-refractivity contribution < 1.29 is 22.3 Å². The average Bonchev–Trinajstić information content (AvgIpc) is 3.10. The molecule has 0 spiro atoms. The zero-order valence-electron chi connectivity index (χ0n) is 17.0. The molecule has 0 bridgehead atoms. The number of rotatable bonds is 5. The minimum Gasteiger partial charge on any atom is -0.376 e. The number of hydrogen-bond acceptors (Lipinski definition) is 6. The number of anilines is 1. The molecule has 4 rings (SSSR count). The van der Waals surface area contributed by atoms with E-state index in [0.717, 1.165) is 0 Å². The molecule has 30 heavy (non-hydrogen) atoms. The fraction of sp³-hybridized carbons (Fsp3) is 0.579. The predicted octanol–water partition coefficient (Wildman–Crippen LogP) is 0.683. The van der Waals surface area contributed by atoms with Crippen LogP contribution in [0.4, 0.5) is 10.1 Å². The fourth-order valence-electron chi connectivity index (χ4n) is 4.01. The molecule has 2 aliphatic rings. The van der Waals surface area contributed by atoms with Gasteiger partial charge in [0.05, 0.1) is 29.8 Å². The van der Waals surface area contributed by atoms with Crippen molar-refractivity contribution in [3.05, 3.63) is 18.3 Å². The second-order valence-corrected chi connectivity index (χ2v) is 9.86. The Balaban J connectivity index is 1.75. The topological polar surface area (TPSA) is 111 Å². The van der Waals surface area contributed by atoms with Gasteiger partial charge in [0.2, 0.25) is 15.9 Å². The number of hydrogen-bond donors (Lipinski definition) is 1. The minimum absolute atomic E-state index is 0.0540. The van der Waals surface area contributed by atoms with Crippen LogP contribution < -0.4 is 10.0 Å². The van der Waals surface area contributed by atoms with Crippen LogP contribution in [0.5, 0.6) is 0 Å². The lowest BCUT2D eigenvalue weighted by Crippen LogP contribution is -2.54. The van der Waals surface area contributed by atoms with Crippen molar-refractivity contribution in [2.45, 2.75) is 24.3 Å². The van der Waals surface area contributed by atoms with Crippen LogP contribution in [0.15, 0.2) is 23.2 Å².